The molecule has 5 heteroatoms. The minimum atomic E-state index is -0.570. The molecule has 4 atom stereocenters. The second-order valence-electron chi connectivity index (χ2n) is 5.22. The highest BCUT2D eigenvalue weighted by atomic mass is 16.6. The summed E-state index contributed by atoms with van der Waals surface area (Å²) in [5, 5.41) is 0. The molecule has 0 aromatic carbocycles. The molecule has 1 spiro atoms. The van der Waals surface area contributed by atoms with Crippen LogP contribution in [0.2, 0.25) is 0 Å². The molecule has 0 aliphatic carbocycles. The van der Waals surface area contributed by atoms with Gasteiger partial charge in [-0.05, 0) is 12.8 Å². The third kappa shape index (κ3) is 1.08. The van der Waals surface area contributed by atoms with Gasteiger partial charge in [-0.1, -0.05) is 12.2 Å². The normalized spacial score (nSPS) is 46.8. The van der Waals surface area contributed by atoms with Gasteiger partial charge in [0.25, 0.3) is 0 Å². The lowest BCUT2D eigenvalue weighted by Crippen LogP contribution is -2.65. The summed E-state index contributed by atoms with van der Waals surface area (Å²) >= 11 is 0. The lowest BCUT2D eigenvalue weighted by atomic mass is 9.79. The number of carbonyl (C=O) groups is 2. The number of Topliss-reactive ketones (excluding diaryl/α,β-unsaturated/α-hetero) is 1. The topological polar surface area (TPSA) is 55.8 Å². The monoisotopic (exact) mass is 235 g/mol. The SMILES string of the molecule is O=C1C[C@H]2C=C[C@]3(CC[C@@H]4COC(=O)N4[C@@H]13)O2. The first-order chi connectivity index (χ1) is 8.20. The Bertz CT molecular complexity index is 446. The molecule has 17 heavy (non-hydrogen) atoms. The van der Waals surface area contributed by atoms with Crippen LogP contribution in [-0.4, -0.2) is 47.2 Å². The van der Waals surface area contributed by atoms with Gasteiger partial charge < -0.3 is 9.47 Å². The van der Waals surface area contributed by atoms with Crippen molar-refractivity contribution in [1.29, 1.82) is 0 Å². The maximum Gasteiger partial charge on any atom is 0.410 e. The average molecular weight is 235 g/mol. The highest BCUT2D eigenvalue weighted by Crippen LogP contribution is 2.46. The summed E-state index contributed by atoms with van der Waals surface area (Å²) in [4.78, 5) is 25.6. The van der Waals surface area contributed by atoms with Crippen LogP contribution in [0.1, 0.15) is 19.3 Å². The summed E-state index contributed by atoms with van der Waals surface area (Å²) < 4.78 is 11.0. The van der Waals surface area contributed by atoms with Gasteiger partial charge in [-0.15, -0.1) is 0 Å². The van der Waals surface area contributed by atoms with Gasteiger partial charge in [0.2, 0.25) is 0 Å². The molecule has 0 N–H and O–H groups in total. The molecule has 5 nitrogen and oxygen atoms in total. The van der Waals surface area contributed by atoms with Gasteiger partial charge in [0, 0.05) is 6.42 Å². The Morgan fingerprint density at radius 3 is 3.18 bits per heavy atom. The molecule has 2 bridgehead atoms. The van der Waals surface area contributed by atoms with E-state index in [1.807, 2.05) is 12.2 Å². The highest BCUT2D eigenvalue weighted by molar-refractivity contribution is 5.92. The number of rotatable bonds is 0. The van der Waals surface area contributed by atoms with Gasteiger partial charge in [0.1, 0.15) is 18.2 Å². The minimum Gasteiger partial charge on any atom is -0.447 e. The van der Waals surface area contributed by atoms with E-state index in [1.54, 1.807) is 4.90 Å². The molecule has 4 aliphatic rings. The van der Waals surface area contributed by atoms with E-state index >= 15 is 0 Å². The van der Waals surface area contributed by atoms with Crippen LogP contribution >= 0.6 is 0 Å². The van der Waals surface area contributed by atoms with Crippen molar-refractivity contribution in [2.45, 2.75) is 43.1 Å². The third-order valence-electron chi connectivity index (χ3n) is 4.28. The minimum absolute atomic E-state index is 0.0521. The zero-order valence-electron chi connectivity index (χ0n) is 9.30. The van der Waals surface area contributed by atoms with E-state index in [4.69, 9.17) is 9.47 Å². The molecule has 1 amide bonds. The first-order valence-electron chi connectivity index (χ1n) is 6.05. The fraction of sp³-hybridized carbons (Fsp3) is 0.667. The summed E-state index contributed by atoms with van der Waals surface area (Å²) in [6, 6.07) is -0.414. The van der Waals surface area contributed by atoms with E-state index < -0.39 is 11.6 Å². The number of piperidine rings is 1. The number of ketones is 1. The fourth-order valence-corrected chi connectivity index (χ4v) is 3.55. The van der Waals surface area contributed by atoms with Gasteiger partial charge in [-0.25, -0.2) is 4.79 Å². The van der Waals surface area contributed by atoms with Crippen LogP contribution in [0.15, 0.2) is 12.2 Å². The van der Waals surface area contributed by atoms with Crippen molar-refractivity contribution < 1.29 is 19.1 Å². The summed E-state index contributed by atoms with van der Waals surface area (Å²) in [5.74, 6) is 0.106. The molecular weight excluding hydrogens is 222 g/mol. The van der Waals surface area contributed by atoms with E-state index in [0.717, 1.165) is 12.8 Å². The Hall–Kier alpha value is -1.36. The number of fused-ring (bicyclic) bond motifs is 3. The van der Waals surface area contributed by atoms with Crippen molar-refractivity contribution in [1.82, 2.24) is 4.90 Å². The molecule has 4 aliphatic heterocycles. The second kappa shape index (κ2) is 2.90. The Morgan fingerprint density at radius 2 is 2.29 bits per heavy atom. The summed E-state index contributed by atoms with van der Waals surface area (Å²) in [6.07, 6.45) is 5.50. The molecule has 3 fully saturated rings. The molecule has 4 heterocycles. The number of cyclic esters (lactones) is 1. The van der Waals surface area contributed by atoms with Crippen molar-refractivity contribution in [3.63, 3.8) is 0 Å². The standard InChI is InChI=1S/C12H13NO4/c14-9-5-8-2-4-12(17-8)3-1-7-6-16-11(15)13(7)10(9)12/h2,4,7-8,10H,1,3,5-6H2/t7-,8-,10+,12+/m1/s1. The number of hydrogen-bond acceptors (Lipinski definition) is 4. The number of hydrogen-bond donors (Lipinski definition) is 0. The predicted octanol–water partition coefficient (Wildman–Crippen LogP) is 0.636. The fourth-order valence-electron chi connectivity index (χ4n) is 3.55. The Morgan fingerprint density at radius 1 is 1.41 bits per heavy atom. The Labute approximate surface area is 98.4 Å². The molecule has 0 radical (unpaired) electrons. The van der Waals surface area contributed by atoms with Crippen LogP contribution in [0, 0.1) is 0 Å². The summed E-state index contributed by atoms with van der Waals surface area (Å²) in [5.41, 5.74) is -0.570. The Kier molecular flexibility index (Phi) is 1.65. The number of amides is 1. The molecule has 0 unspecified atom stereocenters. The molecule has 0 saturated carbocycles. The van der Waals surface area contributed by atoms with E-state index in [9.17, 15) is 9.59 Å². The van der Waals surface area contributed by atoms with E-state index in [2.05, 4.69) is 0 Å². The maximum atomic E-state index is 12.2. The molecular formula is C12H13NO4. The molecule has 0 aromatic rings. The second-order valence-corrected chi connectivity index (χ2v) is 5.22. The number of nitrogens with zero attached hydrogens (tertiary/aromatic N) is 1. The summed E-state index contributed by atoms with van der Waals surface area (Å²) in [6.45, 7) is 0.409. The quantitative estimate of drug-likeness (QED) is 0.578. The van der Waals surface area contributed by atoms with Gasteiger partial charge in [-0.2, -0.15) is 0 Å². The van der Waals surface area contributed by atoms with Crippen molar-refractivity contribution >= 4 is 11.9 Å². The van der Waals surface area contributed by atoms with E-state index in [0.29, 0.717) is 13.0 Å². The number of ether oxygens (including phenoxy) is 2. The maximum absolute atomic E-state index is 12.2. The average Bonchev–Trinajstić information content (AvgIpc) is 2.83. The van der Waals surface area contributed by atoms with Crippen molar-refractivity contribution in [3.8, 4) is 0 Å². The van der Waals surface area contributed by atoms with Crippen LogP contribution < -0.4 is 0 Å². The van der Waals surface area contributed by atoms with Crippen LogP contribution in [-0.2, 0) is 14.3 Å². The first-order valence-corrected chi connectivity index (χ1v) is 6.05. The lowest BCUT2D eigenvalue weighted by Gasteiger charge is -2.48. The third-order valence-corrected chi connectivity index (χ3v) is 4.28. The lowest BCUT2D eigenvalue weighted by molar-refractivity contribution is -0.160. The van der Waals surface area contributed by atoms with Gasteiger partial charge >= 0.3 is 6.09 Å². The molecule has 3 saturated heterocycles. The van der Waals surface area contributed by atoms with Crippen molar-refractivity contribution in [3.05, 3.63) is 12.2 Å². The summed E-state index contributed by atoms with van der Waals surface area (Å²) in [7, 11) is 0. The molecule has 0 aromatic heterocycles. The predicted molar refractivity (Wildman–Crippen MR) is 56.4 cm³/mol. The smallest absolute Gasteiger partial charge is 0.410 e. The first kappa shape index (κ1) is 9.65. The zero-order chi connectivity index (χ0) is 11.6. The van der Waals surface area contributed by atoms with Crippen LogP contribution in [0.4, 0.5) is 4.79 Å². The van der Waals surface area contributed by atoms with E-state index in [-0.39, 0.29) is 24.0 Å². The van der Waals surface area contributed by atoms with Gasteiger partial charge in [0.15, 0.2) is 5.78 Å². The van der Waals surface area contributed by atoms with Crippen LogP contribution in [0.3, 0.4) is 0 Å². The molecule has 90 valence electrons. The number of carbonyl (C=O) groups excluding carboxylic acids is 2. The largest absolute Gasteiger partial charge is 0.447 e. The van der Waals surface area contributed by atoms with Gasteiger partial charge in [-0.3, -0.25) is 9.69 Å². The molecule has 4 rings (SSSR count). The zero-order valence-corrected chi connectivity index (χ0v) is 9.30. The highest BCUT2D eigenvalue weighted by Gasteiger charge is 2.60. The van der Waals surface area contributed by atoms with Crippen molar-refractivity contribution in [2.24, 2.45) is 0 Å². The van der Waals surface area contributed by atoms with E-state index in [1.165, 1.54) is 0 Å². The van der Waals surface area contributed by atoms with Crippen LogP contribution in [0.5, 0.6) is 0 Å². The van der Waals surface area contributed by atoms with Crippen LogP contribution in [0.25, 0.3) is 0 Å². The Balaban J connectivity index is 1.80. The van der Waals surface area contributed by atoms with Gasteiger partial charge in [0.05, 0.1) is 12.1 Å². The van der Waals surface area contributed by atoms with Crippen molar-refractivity contribution in [2.75, 3.05) is 6.61 Å².